The van der Waals surface area contributed by atoms with Crippen molar-refractivity contribution in [2.75, 3.05) is 0 Å². The summed E-state index contributed by atoms with van der Waals surface area (Å²) in [6, 6.07) is 8.98. The number of nitrogens with zero attached hydrogens (tertiary/aromatic N) is 3. The highest BCUT2D eigenvalue weighted by Crippen LogP contribution is 2.47. The molecule has 2 saturated carbocycles. The first kappa shape index (κ1) is 19.9. The molecule has 31 heavy (non-hydrogen) atoms. The van der Waals surface area contributed by atoms with Gasteiger partial charge in [0.25, 0.3) is 5.91 Å². The molecular weight excluding hydrogens is 388 g/mol. The number of pyridine rings is 2. The van der Waals surface area contributed by atoms with Crippen molar-refractivity contribution in [1.29, 1.82) is 0 Å². The molecule has 3 heterocycles. The van der Waals surface area contributed by atoms with E-state index < -0.39 is 0 Å². The van der Waals surface area contributed by atoms with Crippen molar-refractivity contribution >= 4 is 17.2 Å². The van der Waals surface area contributed by atoms with Gasteiger partial charge in [0.2, 0.25) is 5.78 Å². The Kier molecular flexibility index (Phi) is 4.88. The van der Waals surface area contributed by atoms with Gasteiger partial charge in [-0.2, -0.15) is 0 Å². The molecular formula is C25H28N4O2. The summed E-state index contributed by atoms with van der Waals surface area (Å²) in [6.45, 7) is 4.58. The van der Waals surface area contributed by atoms with Crippen LogP contribution in [0.3, 0.4) is 0 Å². The van der Waals surface area contributed by atoms with Crippen LogP contribution in [0, 0.1) is 17.8 Å². The van der Waals surface area contributed by atoms with Crippen LogP contribution in [0.5, 0.6) is 0 Å². The lowest BCUT2D eigenvalue weighted by atomic mass is 9.61. The van der Waals surface area contributed by atoms with Crippen LogP contribution in [0.1, 0.15) is 72.6 Å². The first-order valence-corrected chi connectivity index (χ1v) is 11.2. The molecule has 160 valence electrons. The van der Waals surface area contributed by atoms with Crippen molar-refractivity contribution < 1.29 is 9.59 Å². The number of hydrogen-bond donors (Lipinski definition) is 1. The van der Waals surface area contributed by atoms with E-state index in [1.165, 1.54) is 19.0 Å². The summed E-state index contributed by atoms with van der Waals surface area (Å²) >= 11 is 0. The quantitative estimate of drug-likeness (QED) is 0.644. The van der Waals surface area contributed by atoms with Gasteiger partial charge in [-0.3, -0.25) is 19.0 Å². The van der Waals surface area contributed by atoms with E-state index in [0.29, 0.717) is 34.5 Å². The summed E-state index contributed by atoms with van der Waals surface area (Å²) in [6.07, 6.45) is 10.5. The molecule has 1 amide bonds. The first-order valence-electron chi connectivity index (χ1n) is 11.2. The van der Waals surface area contributed by atoms with Gasteiger partial charge in [-0.25, -0.2) is 4.98 Å². The van der Waals surface area contributed by atoms with E-state index in [1.807, 2.05) is 18.2 Å². The smallest absolute Gasteiger partial charge is 0.272 e. The Hall–Kier alpha value is -3.02. The molecule has 2 fully saturated rings. The summed E-state index contributed by atoms with van der Waals surface area (Å²) in [7, 11) is 0. The second-order valence-electron chi connectivity index (χ2n) is 9.71. The van der Waals surface area contributed by atoms with Crippen molar-refractivity contribution in [1.82, 2.24) is 19.7 Å². The SMILES string of the molecule is CC1CC2CC(C)CC(NC(=O)c3nc(C(=O)c4cccnc4)n4ccccc34)(C1)C2. The molecule has 3 aromatic rings. The normalized spacial score (nSPS) is 27.7. The van der Waals surface area contributed by atoms with E-state index in [-0.39, 0.29) is 23.1 Å². The lowest BCUT2D eigenvalue weighted by molar-refractivity contribution is 0.0475. The zero-order chi connectivity index (χ0) is 21.6. The molecule has 0 saturated heterocycles. The number of carbonyl (C=O) groups is 2. The number of amides is 1. The standard InChI is InChI=1S/C25H28N4O2/c1-16-10-18-11-17(2)13-25(12-16,14-18)28-24(31)21-20-7-3-4-9-29(20)23(27-21)22(30)19-6-5-8-26-15-19/h3-9,15-18H,10-14H2,1-2H3,(H,28,31). The van der Waals surface area contributed by atoms with Crippen LogP contribution < -0.4 is 5.32 Å². The summed E-state index contributed by atoms with van der Waals surface area (Å²) < 4.78 is 1.71. The number of rotatable bonds is 4. The van der Waals surface area contributed by atoms with Crippen molar-refractivity contribution in [2.24, 2.45) is 17.8 Å². The van der Waals surface area contributed by atoms with Crippen LogP contribution in [0.4, 0.5) is 0 Å². The number of nitrogens with one attached hydrogen (secondary N) is 1. The molecule has 2 unspecified atom stereocenters. The number of ketones is 1. The molecule has 0 aromatic carbocycles. The second kappa shape index (κ2) is 7.59. The Labute approximate surface area is 182 Å². The van der Waals surface area contributed by atoms with Crippen molar-refractivity contribution in [3.63, 3.8) is 0 Å². The van der Waals surface area contributed by atoms with Gasteiger partial charge in [0.15, 0.2) is 11.5 Å². The van der Waals surface area contributed by atoms with E-state index in [1.54, 1.807) is 28.9 Å². The Bertz CT molecular complexity index is 1120. The minimum atomic E-state index is -0.246. The van der Waals surface area contributed by atoms with Gasteiger partial charge in [0, 0.05) is 29.7 Å². The van der Waals surface area contributed by atoms with Crippen LogP contribution in [-0.4, -0.2) is 31.6 Å². The maximum Gasteiger partial charge on any atom is 0.272 e. The van der Waals surface area contributed by atoms with E-state index in [0.717, 1.165) is 19.3 Å². The number of hydrogen-bond acceptors (Lipinski definition) is 4. The molecule has 6 nitrogen and oxygen atoms in total. The largest absolute Gasteiger partial charge is 0.345 e. The summed E-state index contributed by atoms with van der Waals surface area (Å²) in [5, 5.41) is 3.39. The van der Waals surface area contributed by atoms with E-state index >= 15 is 0 Å². The van der Waals surface area contributed by atoms with Gasteiger partial charge in [-0.15, -0.1) is 0 Å². The second-order valence-corrected chi connectivity index (χ2v) is 9.71. The van der Waals surface area contributed by atoms with Crippen LogP contribution in [-0.2, 0) is 0 Å². The molecule has 3 aromatic heterocycles. The van der Waals surface area contributed by atoms with Crippen molar-refractivity contribution in [3.8, 4) is 0 Å². The number of fused-ring (bicyclic) bond motifs is 3. The number of carbonyl (C=O) groups excluding carboxylic acids is 2. The van der Waals surface area contributed by atoms with Crippen LogP contribution in [0.2, 0.25) is 0 Å². The molecule has 0 aliphatic heterocycles. The first-order chi connectivity index (χ1) is 14.9. The van der Waals surface area contributed by atoms with E-state index in [9.17, 15) is 9.59 Å². The molecule has 1 N–H and O–H groups in total. The van der Waals surface area contributed by atoms with Gasteiger partial charge in [0.05, 0.1) is 5.52 Å². The summed E-state index contributed by atoms with van der Waals surface area (Å²) in [4.78, 5) is 35.2. The molecule has 2 aliphatic carbocycles. The molecule has 6 heteroatoms. The minimum Gasteiger partial charge on any atom is -0.345 e. The monoisotopic (exact) mass is 416 g/mol. The predicted molar refractivity (Wildman–Crippen MR) is 118 cm³/mol. The molecule has 0 radical (unpaired) electrons. The Morgan fingerprint density at radius 2 is 1.84 bits per heavy atom. The van der Waals surface area contributed by atoms with Crippen molar-refractivity contribution in [3.05, 3.63) is 66.0 Å². The van der Waals surface area contributed by atoms with Crippen LogP contribution in [0.15, 0.2) is 48.9 Å². The molecule has 2 atom stereocenters. The fourth-order valence-corrected chi connectivity index (χ4v) is 6.15. The lowest BCUT2D eigenvalue weighted by Crippen LogP contribution is -2.56. The Morgan fingerprint density at radius 1 is 1.06 bits per heavy atom. The zero-order valence-electron chi connectivity index (χ0n) is 18.0. The number of imidazole rings is 1. The molecule has 2 bridgehead atoms. The highest BCUT2D eigenvalue weighted by atomic mass is 16.2. The average Bonchev–Trinajstić information content (AvgIpc) is 3.12. The zero-order valence-corrected chi connectivity index (χ0v) is 18.0. The van der Waals surface area contributed by atoms with E-state index in [4.69, 9.17) is 0 Å². The summed E-state index contributed by atoms with van der Waals surface area (Å²) in [5.41, 5.74) is 1.24. The maximum atomic E-state index is 13.5. The van der Waals surface area contributed by atoms with Gasteiger partial charge >= 0.3 is 0 Å². The maximum absolute atomic E-state index is 13.5. The third-order valence-corrected chi connectivity index (χ3v) is 6.90. The predicted octanol–water partition coefficient (Wildman–Crippen LogP) is 4.30. The molecule has 2 aliphatic rings. The minimum absolute atomic E-state index is 0.171. The van der Waals surface area contributed by atoms with Gasteiger partial charge in [0.1, 0.15) is 0 Å². The topological polar surface area (TPSA) is 76.4 Å². The average molecular weight is 417 g/mol. The van der Waals surface area contributed by atoms with Crippen LogP contribution >= 0.6 is 0 Å². The Morgan fingerprint density at radius 3 is 2.55 bits per heavy atom. The Balaban J connectivity index is 1.50. The fourth-order valence-electron chi connectivity index (χ4n) is 6.15. The highest BCUT2D eigenvalue weighted by Gasteiger charge is 2.45. The third-order valence-electron chi connectivity index (χ3n) is 6.90. The third kappa shape index (κ3) is 3.64. The van der Waals surface area contributed by atoms with Gasteiger partial charge in [-0.1, -0.05) is 19.9 Å². The van der Waals surface area contributed by atoms with Gasteiger partial charge < -0.3 is 5.32 Å². The number of aromatic nitrogens is 3. The molecule has 5 rings (SSSR count). The van der Waals surface area contributed by atoms with E-state index in [2.05, 4.69) is 29.1 Å². The van der Waals surface area contributed by atoms with Crippen molar-refractivity contribution in [2.45, 2.75) is 51.5 Å². The summed E-state index contributed by atoms with van der Waals surface area (Å²) in [5.74, 6) is 1.69. The highest BCUT2D eigenvalue weighted by molar-refractivity contribution is 6.09. The lowest BCUT2D eigenvalue weighted by Gasteiger charge is -2.50. The van der Waals surface area contributed by atoms with Crippen LogP contribution in [0.25, 0.3) is 5.52 Å². The van der Waals surface area contributed by atoms with Gasteiger partial charge in [-0.05, 0) is 74.1 Å². The molecule has 0 spiro atoms. The fraction of sp³-hybridized carbons (Fsp3) is 0.440.